The van der Waals surface area contributed by atoms with E-state index in [0.717, 1.165) is 16.3 Å². The Labute approximate surface area is 119 Å². The zero-order valence-electron chi connectivity index (χ0n) is 12.3. The Morgan fingerprint density at radius 1 is 1.40 bits per heavy atom. The highest BCUT2D eigenvalue weighted by Gasteiger charge is 2.09. The van der Waals surface area contributed by atoms with Crippen LogP contribution in [-0.2, 0) is 6.67 Å². The number of nitrogens with zero attached hydrogens (tertiary/aromatic N) is 4. The van der Waals surface area contributed by atoms with E-state index in [2.05, 4.69) is 42.4 Å². The van der Waals surface area contributed by atoms with Crippen molar-refractivity contribution in [3.05, 3.63) is 36.0 Å². The molecule has 0 saturated carbocycles. The topological polar surface area (TPSA) is 54.2 Å². The van der Waals surface area contributed by atoms with E-state index in [9.17, 15) is 5.21 Å². The Morgan fingerprint density at radius 2 is 2.20 bits per heavy atom. The molecule has 5 nitrogen and oxygen atoms in total. The van der Waals surface area contributed by atoms with Crippen molar-refractivity contribution in [2.24, 2.45) is 0 Å². The fourth-order valence-electron chi connectivity index (χ4n) is 2.31. The van der Waals surface area contributed by atoms with Crippen molar-refractivity contribution in [2.75, 3.05) is 7.05 Å². The summed E-state index contributed by atoms with van der Waals surface area (Å²) in [7, 11) is 1.58. The summed E-state index contributed by atoms with van der Waals surface area (Å²) in [6.07, 6.45) is 4.21. The first kappa shape index (κ1) is 14.7. The van der Waals surface area contributed by atoms with E-state index >= 15 is 0 Å². The van der Waals surface area contributed by atoms with Crippen molar-refractivity contribution in [3.8, 4) is 11.3 Å². The van der Waals surface area contributed by atoms with Crippen molar-refractivity contribution >= 4 is 0 Å². The number of aromatic nitrogens is 3. The van der Waals surface area contributed by atoms with Gasteiger partial charge in [0, 0.05) is 12.6 Å². The van der Waals surface area contributed by atoms with Gasteiger partial charge in [-0.2, -0.15) is 5.06 Å². The van der Waals surface area contributed by atoms with Crippen LogP contribution in [0.25, 0.3) is 11.3 Å². The van der Waals surface area contributed by atoms with Gasteiger partial charge < -0.3 is 5.21 Å². The summed E-state index contributed by atoms with van der Waals surface area (Å²) in [5.74, 6) is 0.554. The molecule has 2 aromatic rings. The lowest BCUT2D eigenvalue weighted by Gasteiger charge is -2.11. The summed E-state index contributed by atoms with van der Waals surface area (Å²) in [5, 5.41) is 18.4. The third-order valence-electron chi connectivity index (χ3n) is 3.36. The van der Waals surface area contributed by atoms with Crippen LogP contribution in [0.2, 0.25) is 0 Å². The maximum atomic E-state index is 9.21. The van der Waals surface area contributed by atoms with E-state index in [-0.39, 0.29) is 0 Å². The Kier molecular flexibility index (Phi) is 4.87. The largest absolute Gasteiger partial charge is 0.312 e. The molecular formula is C15H22N4O. The van der Waals surface area contributed by atoms with Gasteiger partial charge in [0.05, 0.1) is 6.20 Å². The molecule has 1 aromatic carbocycles. The van der Waals surface area contributed by atoms with E-state index in [0.29, 0.717) is 12.6 Å². The molecule has 1 heterocycles. The van der Waals surface area contributed by atoms with Crippen molar-refractivity contribution in [2.45, 2.75) is 39.3 Å². The average molecular weight is 274 g/mol. The molecule has 0 aliphatic carbocycles. The van der Waals surface area contributed by atoms with E-state index in [1.165, 1.54) is 18.4 Å². The second-order valence-corrected chi connectivity index (χ2v) is 5.26. The summed E-state index contributed by atoms with van der Waals surface area (Å²) in [6.45, 7) is 4.76. The maximum absolute atomic E-state index is 9.21. The monoisotopic (exact) mass is 274 g/mol. The maximum Gasteiger partial charge on any atom is 0.118 e. The summed E-state index contributed by atoms with van der Waals surface area (Å²) >= 11 is 0. The minimum atomic E-state index is 0.304. The second-order valence-electron chi connectivity index (χ2n) is 5.26. The molecular weight excluding hydrogens is 252 g/mol. The van der Waals surface area contributed by atoms with Crippen LogP contribution in [0.1, 0.15) is 38.2 Å². The molecule has 0 aliphatic rings. The van der Waals surface area contributed by atoms with Crippen LogP contribution >= 0.6 is 0 Å². The van der Waals surface area contributed by atoms with Crippen LogP contribution < -0.4 is 0 Å². The highest BCUT2D eigenvalue weighted by atomic mass is 16.5. The summed E-state index contributed by atoms with van der Waals surface area (Å²) < 4.78 is 1.61. The first-order chi connectivity index (χ1) is 9.60. The van der Waals surface area contributed by atoms with Gasteiger partial charge in [0.1, 0.15) is 12.4 Å². The first-order valence-corrected chi connectivity index (χ1v) is 7.00. The molecule has 0 aliphatic heterocycles. The van der Waals surface area contributed by atoms with Crippen LogP contribution in [0.4, 0.5) is 0 Å². The van der Waals surface area contributed by atoms with Crippen molar-refractivity contribution in [3.63, 3.8) is 0 Å². The van der Waals surface area contributed by atoms with Crippen molar-refractivity contribution in [1.29, 1.82) is 0 Å². The number of rotatable bonds is 6. The number of hydrogen-bond donors (Lipinski definition) is 1. The fourth-order valence-corrected chi connectivity index (χ4v) is 2.31. The molecule has 2 rings (SSSR count). The number of hydrogen-bond acceptors (Lipinski definition) is 4. The van der Waals surface area contributed by atoms with Gasteiger partial charge >= 0.3 is 0 Å². The Morgan fingerprint density at radius 3 is 2.90 bits per heavy atom. The van der Waals surface area contributed by atoms with E-state index < -0.39 is 0 Å². The van der Waals surface area contributed by atoms with Gasteiger partial charge in [0.15, 0.2) is 0 Å². The molecule has 20 heavy (non-hydrogen) atoms. The number of benzene rings is 1. The van der Waals surface area contributed by atoms with Crippen LogP contribution in [0, 0.1) is 0 Å². The van der Waals surface area contributed by atoms with Crippen LogP contribution in [-0.4, -0.2) is 32.3 Å². The molecule has 1 aromatic heterocycles. The first-order valence-electron chi connectivity index (χ1n) is 7.00. The molecule has 5 heteroatoms. The molecule has 1 N–H and O–H groups in total. The van der Waals surface area contributed by atoms with Crippen LogP contribution in [0.15, 0.2) is 30.5 Å². The molecule has 0 fully saturated rings. The second kappa shape index (κ2) is 6.63. The Hall–Kier alpha value is -1.72. The van der Waals surface area contributed by atoms with E-state index in [4.69, 9.17) is 0 Å². The van der Waals surface area contributed by atoms with Crippen molar-refractivity contribution < 1.29 is 5.21 Å². The lowest BCUT2D eigenvalue weighted by atomic mass is 9.94. The SMILES string of the molecule is CCCC(C)c1cccc(-c2cn(CN(C)O)nn2)c1. The lowest BCUT2D eigenvalue weighted by molar-refractivity contribution is -0.0946. The standard InChI is InChI=1S/C15H22N4O/c1-4-6-12(2)13-7-5-8-14(9-13)15-10-19(17-16-15)11-18(3)20/h5,7-10,12,20H,4,6,11H2,1-3H3. The predicted octanol–water partition coefficient (Wildman–Crippen LogP) is 3.13. The molecule has 0 spiro atoms. The van der Waals surface area contributed by atoms with Crippen molar-refractivity contribution in [1.82, 2.24) is 20.1 Å². The highest BCUT2D eigenvalue weighted by molar-refractivity contribution is 5.58. The molecule has 0 bridgehead atoms. The minimum Gasteiger partial charge on any atom is -0.312 e. The minimum absolute atomic E-state index is 0.304. The molecule has 0 amide bonds. The summed E-state index contributed by atoms with van der Waals surface area (Å²) in [6, 6.07) is 8.44. The van der Waals surface area contributed by atoms with Crippen LogP contribution in [0.5, 0.6) is 0 Å². The third-order valence-corrected chi connectivity index (χ3v) is 3.36. The molecule has 108 valence electrons. The normalized spacial score (nSPS) is 12.8. The van der Waals surface area contributed by atoms with Gasteiger partial charge in [-0.05, 0) is 24.0 Å². The summed E-state index contributed by atoms with van der Waals surface area (Å²) in [5.41, 5.74) is 3.23. The Bertz CT molecular complexity index is 550. The molecule has 0 radical (unpaired) electrons. The zero-order chi connectivity index (χ0) is 14.5. The quantitative estimate of drug-likeness (QED) is 0.822. The van der Waals surface area contributed by atoms with E-state index in [1.807, 2.05) is 12.3 Å². The molecule has 1 atom stereocenters. The molecule has 0 saturated heterocycles. The summed E-state index contributed by atoms with van der Waals surface area (Å²) in [4.78, 5) is 0. The average Bonchev–Trinajstić information content (AvgIpc) is 2.87. The zero-order valence-corrected chi connectivity index (χ0v) is 12.3. The van der Waals surface area contributed by atoms with Gasteiger partial charge in [0.2, 0.25) is 0 Å². The van der Waals surface area contributed by atoms with Gasteiger partial charge in [-0.1, -0.05) is 43.7 Å². The smallest absolute Gasteiger partial charge is 0.118 e. The third kappa shape index (κ3) is 3.65. The highest BCUT2D eigenvalue weighted by Crippen LogP contribution is 2.25. The Balaban J connectivity index is 2.20. The predicted molar refractivity (Wildman–Crippen MR) is 78.3 cm³/mol. The van der Waals surface area contributed by atoms with Gasteiger partial charge in [0.25, 0.3) is 0 Å². The van der Waals surface area contributed by atoms with Gasteiger partial charge in [-0.15, -0.1) is 5.10 Å². The van der Waals surface area contributed by atoms with Gasteiger partial charge in [-0.3, -0.25) is 0 Å². The van der Waals surface area contributed by atoms with E-state index in [1.54, 1.807) is 11.7 Å². The number of hydroxylamine groups is 2. The van der Waals surface area contributed by atoms with Gasteiger partial charge in [-0.25, -0.2) is 4.68 Å². The van der Waals surface area contributed by atoms with Crippen LogP contribution in [0.3, 0.4) is 0 Å². The lowest BCUT2D eigenvalue weighted by Crippen LogP contribution is -2.17. The molecule has 1 unspecified atom stereocenters. The fraction of sp³-hybridized carbons (Fsp3) is 0.467.